The molecule has 2 N–H and O–H groups in total. The average Bonchev–Trinajstić information content (AvgIpc) is 3.43. The molecule has 1 aliphatic carbocycles. The molecule has 1 aromatic carbocycles. The summed E-state index contributed by atoms with van der Waals surface area (Å²) in [4.78, 5) is 34.6. The van der Waals surface area contributed by atoms with Gasteiger partial charge in [-0.15, -0.1) is 0 Å². The van der Waals surface area contributed by atoms with Gasteiger partial charge in [-0.25, -0.2) is 4.39 Å². The summed E-state index contributed by atoms with van der Waals surface area (Å²) in [5, 5.41) is 17.0. The van der Waals surface area contributed by atoms with Crippen molar-refractivity contribution in [2.45, 2.75) is 75.6 Å². The van der Waals surface area contributed by atoms with Gasteiger partial charge in [0.2, 0.25) is 11.8 Å². The second-order valence-electron chi connectivity index (χ2n) is 13.1. The monoisotopic (exact) mass is 593 g/mol. The summed E-state index contributed by atoms with van der Waals surface area (Å²) in [5.74, 6) is -0.218. The topological polar surface area (TPSA) is 104 Å². The lowest BCUT2D eigenvalue weighted by atomic mass is 9.62. The Bertz CT molecular complexity index is 1290. The first-order chi connectivity index (χ1) is 20.7. The SMILES string of the molecule is C=CC(=O)N1CCN(C2NC(OC[C@H]3CCCN3C)NC3C[C@]4(CCC32)Cc2ccc(F)cc2N(C)C4=O)C[C@H]1CC#N. The number of carbonyl (C=O) groups is 2. The third-order valence-electron chi connectivity index (χ3n) is 10.7. The van der Waals surface area contributed by atoms with Gasteiger partial charge < -0.3 is 19.4 Å². The molecule has 11 heteroatoms. The summed E-state index contributed by atoms with van der Waals surface area (Å²) in [5.41, 5.74) is 1.10. The van der Waals surface area contributed by atoms with Crippen LogP contribution in [0.15, 0.2) is 30.9 Å². The minimum atomic E-state index is -0.565. The number of amides is 2. The maximum Gasteiger partial charge on any atom is 0.246 e. The van der Waals surface area contributed by atoms with Crippen LogP contribution in [-0.2, 0) is 20.7 Å². The van der Waals surface area contributed by atoms with Crippen molar-refractivity contribution < 1.29 is 18.7 Å². The molecule has 4 fully saturated rings. The first-order valence-electron chi connectivity index (χ1n) is 15.7. The first kappa shape index (κ1) is 30.2. The van der Waals surface area contributed by atoms with Gasteiger partial charge in [0.25, 0.3) is 0 Å². The summed E-state index contributed by atoms with van der Waals surface area (Å²) in [7, 11) is 3.90. The van der Waals surface area contributed by atoms with Gasteiger partial charge in [0.1, 0.15) is 5.82 Å². The van der Waals surface area contributed by atoms with Crippen molar-refractivity contribution >= 4 is 17.5 Å². The number of piperazine rings is 1. The molecule has 0 bridgehead atoms. The van der Waals surface area contributed by atoms with Crippen molar-refractivity contribution in [3.05, 3.63) is 42.2 Å². The molecule has 0 radical (unpaired) electrons. The molecule has 4 aliphatic heterocycles. The number of hydrogen-bond donors (Lipinski definition) is 2. The quantitative estimate of drug-likeness (QED) is 0.483. The number of carbonyl (C=O) groups excluding carboxylic acids is 2. The number of nitriles is 1. The Morgan fingerprint density at radius 2 is 2.07 bits per heavy atom. The largest absolute Gasteiger partial charge is 0.348 e. The van der Waals surface area contributed by atoms with Gasteiger partial charge in [-0.05, 0) is 75.9 Å². The zero-order valence-electron chi connectivity index (χ0n) is 25.3. The van der Waals surface area contributed by atoms with Crippen LogP contribution in [0.4, 0.5) is 10.1 Å². The zero-order chi connectivity index (χ0) is 30.3. The number of nitrogens with zero attached hydrogens (tertiary/aromatic N) is 5. The molecule has 5 aliphatic rings. The van der Waals surface area contributed by atoms with Gasteiger partial charge in [0.05, 0.1) is 36.7 Å². The van der Waals surface area contributed by atoms with E-state index in [0.29, 0.717) is 50.8 Å². The van der Waals surface area contributed by atoms with Crippen LogP contribution < -0.4 is 15.5 Å². The number of benzene rings is 1. The van der Waals surface area contributed by atoms with Crippen LogP contribution in [0.5, 0.6) is 0 Å². The number of fused-ring (bicyclic) bond motifs is 2. The van der Waals surface area contributed by atoms with E-state index >= 15 is 0 Å². The van der Waals surface area contributed by atoms with Gasteiger partial charge in [0, 0.05) is 50.4 Å². The molecule has 4 unspecified atom stereocenters. The number of likely N-dealkylation sites (N-methyl/N-ethyl adjacent to an activating group) is 1. The Kier molecular flexibility index (Phi) is 8.59. The lowest BCUT2D eigenvalue weighted by Gasteiger charge is -2.56. The minimum absolute atomic E-state index is 0.0212. The first-order valence-corrected chi connectivity index (χ1v) is 15.7. The highest BCUT2D eigenvalue weighted by Crippen LogP contribution is 2.49. The molecule has 1 saturated carbocycles. The fourth-order valence-electron chi connectivity index (χ4n) is 8.35. The van der Waals surface area contributed by atoms with Crippen LogP contribution in [0.3, 0.4) is 0 Å². The van der Waals surface area contributed by atoms with E-state index in [1.165, 1.54) is 24.6 Å². The maximum atomic E-state index is 14.1. The zero-order valence-corrected chi connectivity index (χ0v) is 25.3. The summed E-state index contributed by atoms with van der Waals surface area (Å²) in [6.45, 7) is 7.12. The second kappa shape index (κ2) is 12.3. The van der Waals surface area contributed by atoms with Crippen LogP contribution in [-0.4, -0.2) is 104 Å². The Balaban J connectivity index is 1.24. The number of halogens is 1. The van der Waals surface area contributed by atoms with Gasteiger partial charge in [0.15, 0.2) is 6.35 Å². The molecule has 2 amide bonds. The molecule has 43 heavy (non-hydrogen) atoms. The van der Waals surface area contributed by atoms with Crippen molar-refractivity contribution in [2.75, 3.05) is 51.8 Å². The van der Waals surface area contributed by atoms with Crippen LogP contribution in [0, 0.1) is 28.5 Å². The summed E-state index contributed by atoms with van der Waals surface area (Å²) in [6, 6.07) is 7.21. The van der Waals surface area contributed by atoms with Crippen LogP contribution in [0.2, 0.25) is 0 Å². The van der Waals surface area contributed by atoms with E-state index in [1.807, 2.05) is 6.07 Å². The van der Waals surface area contributed by atoms with Crippen molar-refractivity contribution in [3.63, 3.8) is 0 Å². The number of nitrogens with one attached hydrogen (secondary N) is 2. The number of rotatable bonds is 6. The number of hydrogen-bond acceptors (Lipinski definition) is 8. The molecule has 0 aromatic heterocycles. The van der Waals surface area contributed by atoms with Crippen molar-refractivity contribution in [3.8, 4) is 6.07 Å². The third kappa shape index (κ3) is 5.71. The molecule has 3 saturated heterocycles. The molecular weight excluding hydrogens is 549 g/mol. The molecular formula is C32H44FN7O3. The standard InChI is InChI=1S/C32H44FN7O3/c1-4-28(41)40-15-14-39(19-23(40)10-12-34)29-25-9-11-32(17-21-7-8-22(33)16-27(21)38(3)30(32)42)18-26(25)35-31(36-29)43-20-24-6-5-13-37(24)2/h4,7-8,16,23-26,29,31,35-36H,1,5-6,9-11,13-15,17-20H2,2-3H3/t23-,24-,25?,26?,29?,31?,32+/m1/s1. The Morgan fingerprint density at radius 1 is 1.23 bits per heavy atom. The lowest BCUT2D eigenvalue weighted by Crippen LogP contribution is -2.73. The molecule has 1 aromatic rings. The summed E-state index contributed by atoms with van der Waals surface area (Å²) >= 11 is 0. The van der Waals surface area contributed by atoms with E-state index in [2.05, 4.69) is 40.1 Å². The van der Waals surface area contributed by atoms with E-state index in [1.54, 1.807) is 16.8 Å². The van der Waals surface area contributed by atoms with Gasteiger partial charge >= 0.3 is 0 Å². The maximum absolute atomic E-state index is 14.1. The molecule has 1 spiro atoms. The van der Waals surface area contributed by atoms with Crippen molar-refractivity contribution in [1.82, 2.24) is 25.3 Å². The predicted octanol–water partition coefficient (Wildman–Crippen LogP) is 2.03. The highest BCUT2D eigenvalue weighted by atomic mass is 19.1. The highest BCUT2D eigenvalue weighted by molar-refractivity contribution is 6.00. The Morgan fingerprint density at radius 3 is 2.81 bits per heavy atom. The van der Waals surface area contributed by atoms with Crippen LogP contribution >= 0.6 is 0 Å². The molecule has 10 nitrogen and oxygen atoms in total. The van der Waals surface area contributed by atoms with Gasteiger partial charge in [-0.2, -0.15) is 5.26 Å². The summed E-state index contributed by atoms with van der Waals surface area (Å²) in [6.07, 6.45) is 6.27. The number of ether oxygens (including phenoxy) is 1. The van der Waals surface area contributed by atoms with Crippen molar-refractivity contribution in [1.29, 1.82) is 5.26 Å². The normalized spacial score (nSPS) is 35.0. The Labute approximate surface area is 253 Å². The second-order valence-corrected chi connectivity index (χ2v) is 13.1. The molecule has 232 valence electrons. The predicted molar refractivity (Wildman–Crippen MR) is 160 cm³/mol. The Hall–Kier alpha value is -2.88. The van der Waals surface area contributed by atoms with E-state index < -0.39 is 11.8 Å². The van der Waals surface area contributed by atoms with Gasteiger partial charge in [-0.3, -0.25) is 25.1 Å². The van der Waals surface area contributed by atoms with E-state index in [4.69, 9.17) is 4.74 Å². The van der Waals surface area contributed by atoms with E-state index in [0.717, 1.165) is 31.4 Å². The van der Waals surface area contributed by atoms with Crippen LogP contribution in [0.25, 0.3) is 0 Å². The average molecular weight is 594 g/mol. The lowest BCUT2D eigenvalue weighted by molar-refractivity contribution is -0.143. The molecule has 4 heterocycles. The third-order valence-corrected chi connectivity index (χ3v) is 10.7. The fourth-order valence-corrected chi connectivity index (χ4v) is 8.35. The summed E-state index contributed by atoms with van der Waals surface area (Å²) < 4.78 is 20.6. The molecule has 6 rings (SSSR count). The van der Waals surface area contributed by atoms with Crippen molar-refractivity contribution in [2.24, 2.45) is 11.3 Å². The highest BCUT2D eigenvalue weighted by Gasteiger charge is 2.54. The molecule has 7 atom stereocenters. The number of anilines is 1. The smallest absolute Gasteiger partial charge is 0.246 e. The van der Waals surface area contributed by atoms with E-state index in [9.17, 15) is 19.2 Å². The van der Waals surface area contributed by atoms with Gasteiger partial charge in [-0.1, -0.05) is 12.6 Å². The number of likely N-dealkylation sites (tertiary alicyclic amines) is 1. The minimum Gasteiger partial charge on any atom is -0.348 e. The van der Waals surface area contributed by atoms with E-state index in [-0.39, 0.29) is 48.2 Å². The fraction of sp³-hybridized carbons (Fsp3) is 0.656. The van der Waals surface area contributed by atoms with Crippen LogP contribution in [0.1, 0.15) is 44.1 Å².